The van der Waals surface area contributed by atoms with Crippen molar-refractivity contribution in [3.05, 3.63) is 103 Å². The minimum Gasteiger partial charge on any atom is -0.453 e. The van der Waals surface area contributed by atoms with Crippen molar-refractivity contribution in [1.29, 1.82) is 0 Å². The first-order valence-electron chi connectivity index (χ1n) is 12.3. The van der Waals surface area contributed by atoms with Crippen LogP contribution in [0.1, 0.15) is 5.56 Å². The number of nitrogens with zero attached hydrogens (tertiary/aromatic N) is 2. The highest BCUT2D eigenvalue weighted by atomic mass is 32.2. The van der Waals surface area contributed by atoms with Gasteiger partial charge in [-0.2, -0.15) is 0 Å². The van der Waals surface area contributed by atoms with Gasteiger partial charge in [0, 0.05) is 21.0 Å². The van der Waals surface area contributed by atoms with Crippen LogP contribution in [0.3, 0.4) is 0 Å². The van der Waals surface area contributed by atoms with Gasteiger partial charge >= 0.3 is 6.85 Å². The summed E-state index contributed by atoms with van der Waals surface area (Å²) >= 11 is 1.88. The maximum Gasteiger partial charge on any atom is 0.333 e. The molecule has 4 aliphatic rings. The van der Waals surface area contributed by atoms with Crippen LogP contribution >= 0.6 is 11.8 Å². The molecule has 4 aliphatic heterocycles. The van der Waals surface area contributed by atoms with Gasteiger partial charge in [-0.3, -0.25) is 0 Å². The standard InChI is InChI=1S/C31H19BN2OS/c1-18-16-20-19-8-6-13-26-30(19)34(22-10-2-4-12-25(22)35-26)32-21-9-7-15-28-31(21)33(24(17-18)29(20)32)23-11-3-5-14-27(23)36-28/h2-17H,1H3. The summed E-state index contributed by atoms with van der Waals surface area (Å²) in [6.45, 7) is 2.28. The predicted octanol–water partition coefficient (Wildman–Crippen LogP) is 7.27. The first kappa shape index (κ1) is 19.1. The molecule has 0 unspecified atom stereocenters. The zero-order valence-electron chi connectivity index (χ0n) is 19.5. The first-order chi connectivity index (χ1) is 17.8. The largest absolute Gasteiger partial charge is 0.453 e. The highest BCUT2D eigenvalue weighted by molar-refractivity contribution is 7.99. The Morgan fingerprint density at radius 3 is 2.39 bits per heavy atom. The maximum absolute atomic E-state index is 6.47. The number of hydrogen-bond acceptors (Lipinski definition) is 4. The van der Waals surface area contributed by atoms with Crippen LogP contribution in [0.25, 0.3) is 11.1 Å². The molecule has 168 valence electrons. The quantitative estimate of drug-likeness (QED) is 0.213. The molecule has 0 saturated carbocycles. The van der Waals surface area contributed by atoms with E-state index in [2.05, 4.69) is 114 Å². The molecule has 0 aliphatic carbocycles. The minimum atomic E-state index is 0.0614. The lowest BCUT2D eigenvalue weighted by Gasteiger charge is -2.49. The molecule has 0 amide bonds. The van der Waals surface area contributed by atoms with Crippen LogP contribution in [-0.4, -0.2) is 6.85 Å². The summed E-state index contributed by atoms with van der Waals surface area (Å²) in [5.74, 6) is 1.83. The lowest BCUT2D eigenvalue weighted by Crippen LogP contribution is -2.62. The zero-order valence-corrected chi connectivity index (χ0v) is 20.3. The SMILES string of the molecule is Cc1cc2c3c(c1)N1c4ccccc4Sc4cccc(c41)B3N1c3ccccc3Oc3cccc-2c31. The average molecular weight is 478 g/mol. The summed E-state index contributed by atoms with van der Waals surface area (Å²) in [5, 5.41) is 0. The molecule has 36 heavy (non-hydrogen) atoms. The van der Waals surface area contributed by atoms with Crippen LogP contribution in [0.15, 0.2) is 107 Å². The summed E-state index contributed by atoms with van der Waals surface area (Å²) in [5.41, 5.74) is 12.6. The van der Waals surface area contributed by atoms with E-state index >= 15 is 0 Å². The number of rotatable bonds is 0. The van der Waals surface area contributed by atoms with Gasteiger partial charge in [-0.25, -0.2) is 0 Å². The zero-order chi connectivity index (χ0) is 23.5. The fourth-order valence-electron chi connectivity index (χ4n) is 6.52. The average Bonchev–Trinajstić information content (AvgIpc) is 2.91. The second kappa shape index (κ2) is 6.57. The van der Waals surface area contributed by atoms with E-state index in [0.29, 0.717) is 0 Å². The molecule has 0 saturated heterocycles. The fourth-order valence-corrected chi connectivity index (χ4v) is 7.62. The summed E-state index contributed by atoms with van der Waals surface area (Å²) in [7, 11) is 0. The third kappa shape index (κ3) is 2.23. The molecule has 5 heteroatoms. The van der Waals surface area contributed by atoms with Gasteiger partial charge in [0.25, 0.3) is 0 Å². The van der Waals surface area contributed by atoms with E-state index in [1.54, 1.807) is 0 Å². The normalized spacial score (nSPS) is 14.8. The second-order valence-electron chi connectivity index (χ2n) is 9.84. The summed E-state index contributed by atoms with van der Waals surface area (Å²) in [6, 6.07) is 35.3. The number of anilines is 5. The topological polar surface area (TPSA) is 15.7 Å². The van der Waals surface area contributed by atoms with Crippen molar-refractivity contribution >= 4 is 58.0 Å². The van der Waals surface area contributed by atoms with Gasteiger partial charge in [-0.15, -0.1) is 0 Å². The monoisotopic (exact) mass is 478 g/mol. The van der Waals surface area contributed by atoms with E-state index in [1.165, 1.54) is 60.2 Å². The molecular weight excluding hydrogens is 459 g/mol. The Hall–Kier alpha value is -4.09. The lowest BCUT2D eigenvalue weighted by atomic mass is 9.43. The number of fused-ring (bicyclic) bond motifs is 8. The first-order valence-corrected chi connectivity index (χ1v) is 13.1. The smallest absolute Gasteiger partial charge is 0.333 e. The van der Waals surface area contributed by atoms with Gasteiger partial charge in [0.2, 0.25) is 0 Å². The molecule has 4 heterocycles. The van der Waals surface area contributed by atoms with Gasteiger partial charge in [-0.1, -0.05) is 66.4 Å². The molecule has 5 aromatic rings. The van der Waals surface area contributed by atoms with Gasteiger partial charge in [-0.05, 0) is 71.4 Å². The Morgan fingerprint density at radius 2 is 1.44 bits per heavy atom. The lowest BCUT2D eigenvalue weighted by molar-refractivity contribution is 0.478. The molecule has 0 radical (unpaired) electrons. The number of ether oxygens (including phenoxy) is 1. The number of para-hydroxylation sites is 5. The van der Waals surface area contributed by atoms with E-state index < -0.39 is 0 Å². The van der Waals surface area contributed by atoms with Crippen LogP contribution in [-0.2, 0) is 0 Å². The molecular formula is C31H19BN2OS. The highest BCUT2D eigenvalue weighted by Gasteiger charge is 2.49. The third-order valence-electron chi connectivity index (χ3n) is 7.82. The Balaban J connectivity index is 1.46. The van der Waals surface area contributed by atoms with Crippen LogP contribution in [0, 0.1) is 6.92 Å². The summed E-state index contributed by atoms with van der Waals surface area (Å²) in [6.07, 6.45) is 0. The fraction of sp³-hybridized carbons (Fsp3) is 0.0323. The van der Waals surface area contributed by atoms with E-state index in [0.717, 1.165) is 17.2 Å². The van der Waals surface area contributed by atoms with Crippen molar-refractivity contribution in [1.82, 2.24) is 0 Å². The van der Waals surface area contributed by atoms with Gasteiger partial charge < -0.3 is 14.4 Å². The Kier molecular flexibility index (Phi) is 3.49. The van der Waals surface area contributed by atoms with Crippen LogP contribution in [0.2, 0.25) is 0 Å². The van der Waals surface area contributed by atoms with Crippen molar-refractivity contribution in [2.45, 2.75) is 16.7 Å². The van der Waals surface area contributed by atoms with Crippen LogP contribution in [0.4, 0.5) is 28.4 Å². The molecule has 0 atom stereocenters. The third-order valence-corrected chi connectivity index (χ3v) is 8.94. The molecule has 0 bridgehead atoms. The molecule has 5 aromatic carbocycles. The van der Waals surface area contributed by atoms with Crippen LogP contribution < -0.4 is 25.4 Å². The van der Waals surface area contributed by atoms with E-state index in [1.807, 2.05) is 11.8 Å². The van der Waals surface area contributed by atoms with E-state index in [-0.39, 0.29) is 6.85 Å². The van der Waals surface area contributed by atoms with Crippen molar-refractivity contribution in [3.8, 4) is 22.6 Å². The van der Waals surface area contributed by atoms with Gasteiger partial charge in [0.1, 0.15) is 5.75 Å². The highest BCUT2D eigenvalue weighted by Crippen LogP contribution is 2.57. The predicted molar refractivity (Wildman–Crippen MR) is 149 cm³/mol. The van der Waals surface area contributed by atoms with Gasteiger partial charge in [0.15, 0.2) is 5.75 Å². The molecule has 9 rings (SSSR count). The van der Waals surface area contributed by atoms with Crippen LogP contribution in [0.5, 0.6) is 11.5 Å². The Morgan fingerprint density at radius 1 is 0.667 bits per heavy atom. The van der Waals surface area contributed by atoms with E-state index in [4.69, 9.17) is 4.74 Å². The number of hydrogen-bond donors (Lipinski definition) is 0. The molecule has 0 spiro atoms. The van der Waals surface area contributed by atoms with Gasteiger partial charge in [0.05, 0.1) is 22.7 Å². The van der Waals surface area contributed by atoms with Crippen molar-refractivity contribution in [2.24, 2.45) is 0 Å². The Bertz CT molecular complexity index is 1800. The Labute approximate surface area is 214 Å². The molecule has 0 aromatic heterocycles. The summed E-state index contributed by atoms with van der Waals surface area (Å²) < 4.78 is 6.47. The maximum atomic E-state index is 6.47. The second-order valence-corrected chi connectivity index (χ2v) is 10.9. The van der Waals surface area contributed by atoms with E-state index in [9.17, 15) is 0 Å². The van der Waals surface area contributed by atoms with Crippen molar-refractivity contribution in [3.63, 3.8) is 0 Å². The molecule has 0 fully saturated rings. The van der Waals surface area contributed by atoms with Crippen molar-refractivity contribution in [2.75, 3.05) is 9.71 Å². The summed E-state index contributed by atoms with van der Waals surface area (Å²) in [4.78, 5) is 7.65. The van der Waals surface area contributed by atoms with Crippen molar-refractivity contribution < 1.29 is 4.74 Å². The minimum absolute atomic E-state index is 0.0614. The molecule has 0 N–H and O–H groups in total. The molecule has 3 nitrogen and oxygen atoms in total. The number of benzene rings is 5. The number of aryl methyl sites for hydroxylation is 1.